The molecule has 0 aromatic carbocycles. The Kier molecular flexibility index (Phi) is 3.57. The first-order valence-corrected chi connectivity index (χ1v) is 7.53. The molecular weight excluding hydrogens is 226 g/mol. The van der Waals surface area contributed by atoms with Gasteiger partial charge < -0.3 is 10.2 Å². The van der Waals surface area contributed by atoms with Gasteiger partial charge in [0.05, 0.1) is 6.54 Å². The number of likely N-dealkylation sites (N-methyl/N-ethyl adjacent to an activating group) is 1. The number of amides is 1. The van der Waals surface area contributed by atoms with Gasteiger partial charge in [-0.05, 0) is 45.1 Å². The SMILES string of the molecule is CCN(C(=O)CN1CC2CCCNC2C1)C1CC1. The summed E-state index contributed by atoms with van der Waals surface area (Å²) in [6.07, 6.45) is 5.06. The minimum Gasteiger partial charge on any atom is -0.339 e. The number of hydrogen-bond acceptors (Lipinski definition) is 3. The maximum absolute atomic E-state index is 12.3. The molecule has 1 aliphatic carbocycles. The van der Waals surface area contributed by atoms with Gasteiger partial charge in [0.2, 0.25) is 5.91 Å². The summed E-state index contributed by atoms with van der Waals surface area (Å²) in [4.78, 5) is 16.7. The molecular formula is C14H25N3O. The van der Waals surface area contributed by atoms with Gasteiger partial charge in [0, 0.05) is 31.7 Å². The molecule has 0 bridgehead atoms. The van der Waals surface area contributed by atoms with Crippen LogP contribution in [0.3, 0.4) is 0 Å². The molecule has 1 saturated carbocycles. The third-order valence-electron chi connectivity index (χ3n) is 4.68. The molecule has 2 aliphatic heterocycles. The third-order valence-corrected chi connectivity index (χ3v) is 4.68. The number of hydrogen-bond donors (Lipinski definition) is 1. The van der Waals surface area contributed by atoms with E-state index in [1.807, 2.05) is 0 Å². The molecule has 1 amide bonds. The van der Waals surface area contributed by atoms with E-state index in [2.05, 4.69) is 22.0 Å². The number of carbonyl (C=O) groups excluding carboxylic acids is 1. The van der Waals surface area contributed by atoms with Crippen LogP contribution in [0.4, 0.5) is 0 Å². The van der Waals surface area contributed by atoms with Gasteiger partial charge in [0.25, 0.3) is 0 Å². The lowest BCUT2D eigenvalue weighted by Crippen LogP contribution is -2.42. The van der Waals surface area contributed by atoms with Gasteiger partial charge in [0.15, 0.2) is 0 Å². The van der Waals surface area contributed by atoms with Crippen LogP contribution in [0.1, 0.15) is 32.6 Å². The zero-order valence-corrected chi connectivity index (χ0v) is 11.4. The van der Waals surface area contributed by atoms with E-state index < -0.39 is 0 Å². The van der Waals surface area contributed by atoms with Gasteiger partial charge >= 0.3 is 0 Å². The fourth-order valence-corrected chi connectivity index (χ4v) is 3.57. The first-order valence-electron chi connectivity index (χ1n) is 7.53. The molecule has 0 aromatic rings. The van der Waals surface area contributed by atoms with E-state index in [0.29, 0.717) is 24.5 Å². The van der Waals surface area contributed by atoms with Gasteiger partial charge in [0.1, 0.15) is 0 Å². The van der Waals surface area contributed by atoms with E-state index in [0.717, 1.165) is 32.1 Å². The second kappa shape index (κ2) is 5.17. The summed E-state index contributed by atoms with van der Waals surface area (Å²) in [7, 11) is 0. The molecule has 0 aromatic heterocycles. The van der Waals surface area contributed by atoms with Crippen molar-refractivity contribution in [2.75, 3.05) is 32.7 Å². The van der Waals surface area contributed by atoms with Gasteiger partial charge in [-0.1, -0.05) is 0 Å². The molecule has 2 saturated heterocycles. The van der Waals surface area contributed by atoms with Crippen molar-refractivity contribution in [3.63, 3.8) is 0 Å². The van der Waals surface area contributed by atoms with Crippen LogP contribution in [-0.4, -0.2) is 60.5 Å². The number of likely N-dealkylation sites (tertiary alicyclic amines) is 1. The Morgan fingerprint density at radius 2 is 2.17 bits per heavy atom. The summed E-state index contributed by atoms with van der Waals surface area (Å²) in [6.45, 7) is 6.96. The van der Waals surface area contributed by atoms with Crippen molar-refractivity contribution < 1.29 is 4.79 Å². The van der Waals surface area contributed by atoms with Crippen LogP contribution in [0.25, 0.3) is 0 Å². The Hall–Kier alpha value is -0.610. The maximum Gasteiger partial charge on any atom is 0.236 e. The Morgan fingerprint density at radius 1 is 1.33 bits per heavy atom. The average Bonchev–Trinajstić information content (AvgIpc) is 3.09. The standard InChI is InChI=1S/C14H25N3O/c1-2-17(12-5-6-12)14(18)10-16-8-11-4-3-7-15-13(11)9-16/h11-13,15H,2-10H2,1H3. The molecule has 2 heterocycles. The number of nitrogens with one attached hydrogen (secondary N) is 1. The number of rotatable bonds is 4. The summed E-state index contributed by atoms with van der Waals surface area (Å²) in [6, 6.07) is 1.20. The summed E-state index contributed by atoms with van der Waals surface area (Å²) < 4.78 is 0. The molecule has 18 heavy (non-hydrogen) atoms. The topological polar surface area (TPSA) is 35.6 Å². The first kappa shape index (κ1) is 12.4. The van der Waals surface area contributed by atoms with Gasteiger partial charge in [-0.2, -0.15) is 0 Å². The molecule has 3 fully saturated rings. The van der Waals surface area contributed by atoms with Crippen LogP contribution >= 0.6 is 0 Å². The van der Waals surface area contributed by atoms with E-state index in [9.17, 15) is 4.79 Å². The second-order valence-electron chi connectivity index (χ2n) is 6.07. The van der Waals surface area contributed by atoms with Gasteiger partial charge in [-0.15, -0.1) is 0 Å². The van der Waals surface area contributed by atoms with Crippen LogP contribution in [-0.2, 0) is 4.79 Å². The summed E-state index contributed by atoms with van der Waals surface area (Å²) in [5.41, 5.74) is 0. The van der Waals surface area contributed by atoms with Crippen molar-refractivity contribution in [3.8, 4) is 0 Å². The van der Waals surface area contributed by atoms with E-state index >= 15 is 0 Å². The van der Waals surface area contributed by atoms with E-state index in [4.69, 9.17) is 0 Å². The Labute approximate surface area is 110 Å². The average molecular weight is 251 g/mol. The lowest BCUT2D eigenvalue weighted by Gasteiger charge is -2.24. The van der Waals surface area contributed by atoms with Crippen LogP contribution in [0.5, 0.6) is 0 Å². The fourth-order valence-electron chi connectivity index (χ4n) is 3.57. The van der Waals surface area contributed by atoms with Crippen molar-refractivity contribution in [1.82, 2.24) is 15.1 Å². The lowest BCUT2D eigenvalue weighted by molar-refractivity contribution is -0.132. The Morgan fingerprint density at radius 3 is 2.83 bits per heavy atom. The smallest absolute Gasteiger partial charge is 0.236 e. The number of piperidine rings is 1. The van der Waals surface area contributed by atoms with E-state index in [-0.39, 0.29) is 0 Å². The molecule has 2 atom stereocenters. The normalized spacial score (nSPS) is 32.3. The summed E-state index contributed by atoms with van der Waals surface area (Å²) in [5, 5.41) is 3.60. The predicted octanol–water partition coefficient (Wildman–Crippen LogP) is 0.681. The Balaban J connectivity index is 1.52. The lowest BCUT2D eigenvalue weighted by atomic mass is 9.94. The molecule has 0 radical (unpaired) electrons. The highest BCUT2D eigenvalue weighted by Crippen LogP contribution is 2.28. The highest BCUT2D eigenvalue weighted by atomic mass is 16.2. The molecule has 3 rings (SSSR count). The van der Waals surface area contributed by atoms with Gasteiger partial charge in [-0.25, -0.2) is 0 Å². The van der Waals surface area contributed by atoms with Crippen LogP contribution < -0.4 is 5.32 Å². The summed E-state index contributed by atoms with van der Waals surface area (Å²) in [5.74, 6) is 1.13. The monoisotopic (exact) mass is 251 g/mol. The fraction of sp³-hybridized carbons (Fsp3) is 0.929. The molecule has 1 N–H and O–H groups in total. The first-order chi connectivity index (χ1) is 8.78. The minimum absolute atomic E-state index is 0.346. The zero-order valence-electron chi connectivity index (χ0n) is 11.4. The van der Waals surface area contributed by atoms with E-state index in [1.165, 1.54) is 25.7 Å². The molecule has 4 heteroatoms. The zero-order chi connectivity index (χ0) is 12.5. The predicted molar refractivity (Wildman–Crippen MR) is 71.4 cm³/mol. The van der Waals surface area contributed by atoms with Crippen molar-refractivity contribution >= 4 is 5.91 Å². The molecule has 3 aliphatic rings. The number of carbonyl (C=O) groups is 1. The van der Waals surface area contributed by atoms with Gasteiger partial charge in [-0.3, -0.25) is 9.69 Å². The van der Waals surface area contributed by atoms with Crippen molar-refractivity contribution in [3.05, 3.63) is 0 Å². The minimum atomic E-state index is 0.346. The highest BCUT2D eigenvalue weighted by molar-refractivity contribution is 5.79. The number of nitrogens with zero attached hydrogens (tertiary/aromatic N) is 2. The molecule has 0 spiro atoms. The van der Waals surface area contributed by atoms with Crippen LogP contribution in [0, 0.1) is 5.92 Å². The van der Waals surface area contributed by atoms with Crippen molar-refractivity contribution in [2.45, 2.75) is 44.7 Å². The van der Waals surface area contributed by atoms with Crippen LogP contribution in [0.2, 0.25) is 0 Å². The highest BCUT2D eigenvalue weighted by Gasteiger charge is 2.37. The van der Waals surface area contributed by atoms with Crippen LogP contribution in [0.15, 0.2) is 0 Å². The molecule has 102 valence electrons. The second-order valence-corrected chi connectivity index (χ2v) is 6.07. The Bertz CT molecular complexity index is 302. The van der Waals surface area contributed by atoms with Crippen molar-refractivity contribution in [2.24, 2.45) is 5.92 Å². The molecule has 4 nitrogen and oxygen atoms in total. The summed E-state index contributed by atoms with van der Waals surface area (Å²) >= 11 is 0. The van der Waals surface area contributed by atoms with Crippen molar-refractivity contribution in [1.29, 1.82) is 0 Å². The molecule has 2 unspecified atom stereocenters. The maximum atomic E-state index is 12.3. The quantitative estimate of drug-likeness (QED) is 0.798. The van der Waals surface area contributed by atoms with E-state index in [1.54, 1.807) is 0 Å². The largest absolute Gasteiger partial charge is 0.339 e. The number of fused-ring (bicyclic) bond motifs is 1. The third kappa shape index (κ3) is 2.54.